The summed E-state index contributed by atoms with van der Waals surface area (Å²) < 4.78 is 33.5. The quantitative estimate of drug-likeness (QED) is 0.168. The molecule has 0 bridgehead atoms. The molecule has 0 radical (unpaired) electrons. The highest BCUT2D eigenvalue weighted by Crippen LogP contribution is 2.38. The molecule has 44 heavy (non-hydrogen) atoms. The molecule has 0 spiro atoms. The molecular formula is C32H32ClF2N5O3S. The Labute approximate surface area is 263 Å². The zero-order valence-electron chi connectivity index (χ0n) is 24.5. The number of aliphatic imine (C=N–C) groups is 1. The Kier molecular flexibility index (Phi) is 11.0. The van der Waals surface area contributed by atoms with Gasteiger partial charge in [0.25, 0.3) is 5.91 Å². The topological polar surface area (TPSA) is 101 Å². The van der Waals surface area contributed by atoms with Crippen LogP contribution >= 0.6 is 22.9 Å². The van der Waals surface area contributed by atoms with Crippen LogP contribution in [-0.4, -0.2) is 60.5 Å². The maximum absolute atomic E-state index is 14.0. The van der Waals surface area contributed by atoms with Crippen LogP contribution in [0.2, 0.25) is 5.02 Å². The zero-order chi connectivity index (χ0) is 31.8. The smallest absolute Gasteiger partial charge is 0.409 e. The lowest BCUT2D eigenvalue weighted by atomic mass is 10.0. The van der Waals surface area contributed by atoms with E-state index < -0.39 is 29.7 Å². The lowest BCUT2D eigenvalue weighted by Gasteiger charge is -2.31. The number of carbonyl (C=O) groups is 2. The SMILES string of the molecule is C1CC1.CN=C(N)N(C(=O)c1cc(F)cc(F)c1)[C@H](COC(=O)N(C)C)c1ccc(Cl)c(-c2ncc(-c3ccccc3)s2)c1. The van der Waals surface area contributed by atoms with E-state index in [0.717, 1.165) is 27.5 Å². The van der Waals surface area contributed by atoms with Gasteiger partial charge in [0.1, 0.15) is 23.2 Å². The lowest BCUT2D eigenvalue weighted by molar-refractivity contribution is 0.0659. The Hall–Kier alpha value is -4.35. The van der Waals surface area contributed by atoms with Crippen molar-refractivity contribution in [2.45, 2.75) is 25.3 Å². The monoisotopic (exact) mass is 639 g/mol. The summed E-state index contributed by atoms with van der Waals surface area (Å²) in [6.45, 7) is -0.356. The van der Waals surface area contributed by atoms with E-state index >= 15 is 0 Å². The van der Waals surface area contributed by atoms with Crippen LogP contribution in [0.25, 0.3) is 21.0 Å². The average molecular weight is 640 g/mol. The fourth-order valence-corrected chi connectivity index (χ4v) is 5.19. The van der Waals surface area contributed by atoms with Crippen molar-refractivity contribution < 1.29 is 23.1 Å². The minimum absolute atomic E-state index is 0.261. The largest absolute Gasteiger partial charge is 0.447 e. The zero-order valence-corrected chi connectivity index (χ0v) is 26.0. The van der Waals surface area contributed by atoms with Crippen LogP contribution in [0.1, 0.15) is 41.2 Å². The van der Waals surface area contributed by atoms with Crippen LogP contribution in [0.4, 0.5) is 13.6 Å². The van der Waals surface area contributed by atoms with Crippen LogP contribution in [0, 0.1) is 11.6 Å². The molecule has 2 N–H and O–H groups in total. The van der Waals surface area contributed by atoms with Crippen LogP contribution in [0.5, 0.6) is 0 Å². The van der Waals surface area contributed by atoms with E-state index in [1.54, 1.807) is 24.4 Å². The summed E-state index contributed by atoms with van der Waals surface area (Å²) in [7, 11) is 4.37. The summed E-state index contributed by atoms with van der Waals surface area (Å²) in [6.07, 6.45) is 5.57. The molecule has 230 valence electrons. The number of nitrogens with zero attached hydrogens (tertiary/aromatic N) is 4. The molecule has 1 aliphatic rings. The van der Waals surface area contributed by atoms with E-state index in [-0.39, 0.29) is 18.1 Å². The average Bonchev–Trinajstić information content (AvgIpc) is 3.82. The summed E-state index contributed by atoms with van der Waals surface area (Å²) in [6, 6.07) is 16.1. The van der Waals surface area contributed by atoms with Crippen LogP contribution < -0.4 is 5.73 Å². The highest BCUT2D eigenvalue weighted by Gasteiger charge is 2.32. The molecule has 1 atom stereocenters. The Morgan fingerprint density at radius 1 is 1.05 bits per heavy atom. The van der Waals surface area contributed by atoms with Gasteiger partial charge in [0.05, 0.1) is 15.9 Å². The summed E-state index contributed by atoms with van der Waals surface area (Å²) >= 11 is 8.01. The number of carbonyl (C=O) groups excluding carboxylic acids is 2. The van der Waals surface area contributed by atoms with Crippen molar-refractivity contribution in [2.75, 3.05) is 27.7 Å². The molecule has 2 amide bonds. The van der Waals surface area contributed by atoms with Crippen molar-refractivity contribution in [3.05, 3.63) is 101 Å². The van der Waals surface area contributed by atoms with Crippen LogP contribution in [0.3, 0.4) is 0 Å². The molecule has 5 rings (SSSR count). The van der Waals surface area contributed by atoms with E-state index in [2.05, 4.69) is 9.98 Å². The Morgan fingerprint density at radius 2 is 1.70 bits per heavy atom. The van der Waals surface area contributed by atoms with Gasteiger partial charge in [0, 0.05) is 44.5 Å². The number of rotatable bonds is 7. The number of ether oxygens (including phenoxy) is 1. The van der Waals surface area contributed by atoms with Gasteiger partial charge < -0.3 is 15.4 Å². The van der Waals surface area contributed by atoms with E-state index in [4.69, 9.17) is 22.1 Å². The number of thiazole rings is 1. The molecule has 3 aromatic carbocycles. The van der Waals surface area contributed by atoms with Gasteiger partial charge in [-0.1, -0.05) is 67.3 Å². The van der Waals surface area contributed by atoms with Gasteiger partial charge in [0.15, 0.2) is 5.96 Å². The normalized spacial score (nSPS) is 12.9. The second-order valence-corrected chi connectivity index (χ2v) is 11.5. The van der Waals surface area contributed by atoms with Crippen molar-refractivity contribution in [2.24, 2.45) is 10.7 Å². The fourth-order valence-electron chi connectivity index (χ4n) is 3.98. The molecule has 1 saturated carbocycles. The first-order valence-corrected chi connectivity index (χ1v) is 15.0. The first-order valence-electron chi connectivity index (χ1n) is 13.8. The second-order valence-electron chi connectivity index (χ2n) is 10.1. The third-order valence-corrected chi connectivity index (χ3v) is 7.78. The van der Waals surface area contributed by atoms with Crippen molar-refractivity contribution in [3.63, 3.8) is 0 Å². The van der Waals surface area contributed by atoms with Gasteiger partial charge in [-0.05, 0) is 35.4 Å². The van der Waals surface area contributed by atoms with Gasteiger partial charge in [-0.3, -0.25) is 14.7 Å². The van der Waals surface area contributed by atoms with Gasteiger partial charge in [-0.2, -0.15) is 0 Å². The summed E-state index contributed by atoms with van der Waals surface area (Å²) in [5.74, 6) is -3.00. The fraction of sp³-hybridized carbons (Fsp3) is 0.250. The predicted octanol–water partition coefficient (Wildman–Crippen LogP) is 7.41. The van der Waals surface area contributed by atoms with E-state index in [9.17, 15) is 18.4 Å². The van der Waals surface area contributed by atoms with Crippen LogP contribution in [-0.2, 0) is 4.74 Å². The Morgan fingerprint density at radius 3 is 2.30 bits per heavy atom. The van der Waals surface area contributed by atoms with Gasteiger partial charge >= 0.3 is 6.09 Å². The summed E-state index contributed by atoms with van der Waals surface area (Å²) in [5, 5.41) is 1.01. The maximum Gasteiger partial charge on any atom is 0.409 e. The van der Waals surface area contributed by atoms with Gasteiger partial charge in [-0.25, -0.2) is 18.6 Å². The molecule has 1 heterocycles. The maximum atomic E-state index is 14.0. The van der Waals surface area contributed by atoms with E-state index in [0.29, 0.717) is 27.2 Å². The number of hydrogen-bond acceptors (Lipinski definition) is 6. The molecule has 1 fully saturated rings. The third-order valence-electron chi connectivity index (χ3n) is 6.37. The predicted molar refractivity (Wildman–Crippen MR) is 170 cm³/mol. The second kappa shape index (κ2) is 14.9. The number of guanidine groups is 1. The van der Waals surface area contributed by atoms with Gasteiger partial charge in [-0.15, -0.1) is 11.3 Å². The molecule has 8 nitrogen and oxygen atoms in total. The van der Waals surface area contributed by atoms with Crippen LogP contribution in [0.15, 0.2) is 77.9 Å². The summed E-state index contributed by atoms with van der Waals surface area (Å²) in [4.78, 5) is 37.7. The minimum Gasteiger partial charge on any atom is -0.447 e. The molecule has 0 saturated heterocycles. The summed E-state index contributed by atoms with van der Waals surface area (Å²) in [5.41, 5.74) is 7.87. The first kappa shape index (κ1) is 32.6. The Bertz CT molecular complexity index is 1620. The highest BCUT2D eigenvalue weighted by molar-refractivity contribution is 7.18. The molecule has 1 aromatic heterocycles. The van der Waals surface area contributed by atoms with Crippen molar-refractivity contribution >= 4 is 40.9 Å². The van der Waals surface area contributed by atoms with Crippen molar-refractivity contribution in [3.8, 4) is 21.0 Å². The third kappa shape index (κ3) is 8.39. The standard InChI is InChI=1S/C29H26ClF2N5O3S.C3H6/c1-34-28(33)37(27(38)19-11-20(31)14-21(32)12-19)24(16-40-29(39)36(2)3)18-9-10-23(30)22(13-18)26-35-15-25(41-26)17-7-5-4-6-8-17;1-2-3-1/h4-15,24H,16H2,1-3H3,(H2,33,34);1-3H2/t24-;/m1./s1. The number of aromatic nitrogens is 1. The molecule has 0 aliphatic heterocycles. The molecule has 12 heteroatoms. The number of amides is 2. The van der Waals surface area contributed by atoms with E-state index in [1.807, 2.05) is 30.3 Å². The lowest BCUT2D eigenvalue weighted by Crippen LogP contribution is -2.46. The molecule has 4 aromatic rings. The van der Waals surface area contributed by atoms with E-state index in [1.165, 1.54) is 56.6 Å². The number of nitrogens with two attached hydrogens (primary N) is 1. The molecular weight excluding hydrogens is 608 g/mol. The number of hydrogen-bond donors (Lipinski definition) is 1. The van der Waals surface area contributed by atoms with Gasteiger partial charge in [0.2, 0.25) is 0 Å². The van der Waals surface area contributed by atoms with Crippen molar-refractivity contribution in [1.82, 2.24) is 14.8 Å². The Balaban J connectivity index is 0.00000139. The highest BCUT2D eigenvalue weighted by atomic mass is 35.5. The number of halogens is 3. The van der Waals surface area contributed by atoms with Crippen molar-refractivity contribution in [1.29, 1.82) is 0 Å². The number of benzene rings is 3. The minimum atomic E-state index is -1.05. The molecule has 0 unspecified atom stereocenters. The molecule has 1 aliphatic carbocycles. The first-order chi connectivity index (χ1) is 21.1.